The molecule has 1 unspecified atom stereocenters. The van der Waals surface area contributed by atoms with Gasteiger partial charge in [0, 0.05) is 25.1 Å². The standard InChI is InChI=1S/C26H36N2O5S/c1-16-17(2)19(4)26(20(5)18(16)3)34(30,31)27-13-12-25(29)28-14-8-9-23(28)22-15-21(32-6)10-11-24(22)33-7/h10-11,15,23,27H,8-9,12-14H2,1-7H3. The lowest BCUT2D eigenvalue weighted by atomic mass is 9.95. The van der Waals surface area contributed by atoms with Crippen molar-refractivity contribution in [2.45, 2.75) is 64.8 Å². The molecule has 1 amide bonds. The van der Waals surface area contributed by atoms with Gasteiger partial charge >= 0.3 is 0 Å². The molecule has 1 fully saturated rings. The lowest BCUT2D eigenvalue weighted by Crippen LogP contribution is -2.34. The van der Waals surface area contributed by atoms with Gasteiger partial charge in [0.05, 0.1) is 25.2 Å². The van der Waals surface area contributed by atoms with Gasteiger partial charge in [-0.1, -0.05) is 0 Å². The predicted octanol–water partition coefficient (Wildman–Crippen LogP) is 4.28. The Morgan fingerprint density at radius 3 is 2.21 bits per heavy atom. The molecule has 186 valence electrons. The van der Waals surface area contributed by atoms with Crippen LogP contribution in [0.2, 0.25) is 0 Å². The van der Waals surface area contributed by atoms with Gasteiger partial charge in [0.25, 0.3) is 0 Å². The number of carbonyl (C=O) groups excluding carboxylic acids is 1. The fourth-order valence-corrected chi connectivity index (χ4v) is 6.49. The summed E-state index contributed by atoms with van der Waals surface area (Å²) in [5.41, 5.74) is 5.48. The highest BCUT2D eigenvalue weighted by Gasteiger charge is 2.32. The molecule has 0 saturated carbocycles. The molecule has 2 aromatic rings. The second-order valence-corrected chi connectivity index (χ2v) is 10.7. The second kappa shape index (κ2) is 10.4. The van der Waals surface area contributed by atoms with Gasteiger partial charge < -0.3 is 14.4 Å². The maximum absolute atomic E-state index is 13.2. The minimum atomic E-state index is -3.75. The van der Waals surface area contributed by atoms with E-state index in [0.717, 1.165) is 46.2 Å². The van der Waals surface area contributed by atoms with E-state index in [1.54, 1.807) is 14.2 Å². The zero-order valence-electron chi connectivity index (χ0n) is 21.2. The van der Waals surface area contributed by atoms with Crippen molar-refractivity contribution < 1.29 is 22.7 Å². The van der Waals surface area contributed by atoms with Crippen LogP contribution < -0.4 is 14.2 Å². The second-order valence-electron chi connectivity index (χ2n) is 8.95. The number of benzene rings is 2. The van der Waals surface area contributed by atoms with Crippen LogP contribution in [0.15, 0.2) is 23.1 Å². The summed E-state index contributed by atoms with van der Waals surface area (Å²) in [6.45, 7) is 10.3. The van der Waals surface area contributed by atoms with Crippen LogP contribution in [0.3, 0.4) is 0 Å². The Morgan fingerprint density at radius 1 is 1.00 bits per heavy atom. The summed E-state index contributed by atoms with van der Waals surface area (Å²) < 4.78 is 39.9. The molecule has 1 N–H and O–H groups in total. The Kier molecular flexibility index (Phi) is 7.93. The SMILES string of the molecule is COc1ccc(OC)c(C2CCCN2C(=O)CCNS(=O)(=O)c2c(C)c(C)c(C)c(C)c2C)c1. The van der Waals surface area contributed by atoms with Crippen molar-refractivity contribution in [2.75, 3.05) is 27.3 Å². The largest absolute Gasteiger partial charge is 0.497 e. The number of ether oxygens (including phenoxy) is 2. The average molecular weight is 489 g/mol. The zero-order chi connectivity index (χ0) is 25.2. The quantitative estimate of drug-likeness (QED) is 0.600. The molecule has 1 heterocycles. The van der Waals surface area contributed by atoms with Crippen molar-refractivity contribution in [3.8, 4) is 11.5 Å². The molecule has 2 aromatic carbocycles. The van der Waals surface area contributed by atoms with Crippen LogP contribution in [0, 0.1) is 34.6 Å². The molecule has 1 aliphatic rings. The van der Waals surface area contributed by atoms with Gasteiger partial charge in [-0.25, -0.2) is 13.1 Å². The number of hydrogen-bond acceptors (Lipinski definition) is 5. The summed E-state index contributed by atoms with van der Waals surface area (Å²) in [7, 11) is -0.528. The van der Waals surface area contributed by atoms with E-state index in [1.807, 2.05) is 57.7 Å². The third kappa shape index (κ3) is 4.93. The zero-order valence-corrected chi connectivity index (χ0v) is 22.1. The summed E-state index contributed by atoms with van der Waals surface area (Å²) in [5.74, 6) is 1.33. The van der Waals surface area contributed by atoms with E-state index in [-0.39, 0.29) is 24.9 Å². The van der Waals surface area contributed by atoms with Crippen molar-refractivity contribution in [2.24, 2.45) is 0 Å². The van der Waals surface area contributed by atoms with E-state index in [0.29, 0.717) is 22.9 Å². The molecule has 8 heteroatoms. The van der Waals surface area contributed by atoms with Crippen LogP contribution in [-0.4, -0.2) is 46.5 Å². The van der Waals surface area contributed by atoms with Gasteiger partial charge in [-0.05, 0) is 93.5 Å². The van der Waals surface area contributed by atoms with E-state index >= 15 is 0 Å². The number of rotatable bonds is 8. The third-order valence-corrected chi connectivity index (χ3v) is 8.93. The van der Waals surface area contributed by atoms with Crippen LogP contribution in [0.4, 0.5) is 0 Å². The Bertz CT molecular complexity index is 1160. The highest BCUT2D eigenvalue weighted by molar-refractivity contribution is 7.89. The lowest BCUT2D eigenvalue weighted by Gasteiger charge is -2.27. The van der Waals surface area contributed by atoms with Gasteiger partial charge in [0.2, 0.25) is 15.9 Å². The van der Waals surface area contributed by atoms with E-state index in [2.05, 4.69) is 4.72 Å². The molecule has 0 spiro atoms. The lowest BCUT2D eigenvalue weighted by molar-refractivity contribution is -0.132. The Hall–Kier alpha value is -2.58. The van der Waals surface area contributed by atoms with Crippen LogP contribution >= 0.6 is 0 Å². The minimum Gasteiger partial charge on any atom is -0.497 e. The fourth-order valence-electron chi connectivity index (χ4n) is 4.87. The van der Waals surface area contributed by atoms with E-state index < -0.39 is 10.0 Å². The first-order valence-electron chi connectivity index (χ1n) is 11.6. The highest BCUT2D eigenvalue weighted by atomic mass is 32.2. The van der Waals surface area contributed by atoms with Gasteiger partial charge in [-0.15, -0.1) is 0 Å². The molecule has 3 rings (SSSR count). The van der Waals surface area contributed by atoms with Gasteiger partial charge in [0.1, 0.15) is 11.5 Å². The van der Waals surface area contributed by atoms with Crippen molar-refractivity contribution in [3.05, 3.63) is 51.6 Å². The molecule has 0 bridgehead atoms. The van der Waals surface area contributed by atoms with Gasteiger partial charge in [-0.3, -0.25) is 4.79 Å². The number of carbonyl (C=O) groups is 1. The van der Waals surface area contributed by atoms with Crippen LogP contribution in [0.1, 0.15) is 58.7 Å². The number of likely N-dealkylation sites (tertiary alicyclic amines) is 1. The Morgan fingerprint density at radius 2 is 1.62 bits per heavy atom. The Balaban J connectivity index is 1.74. The first kappa shape index (κ1) is 26.0. The van der Waals surface area contributed by atoms with Crippen LogP contribution in [0.5, 0.6) is 11.5 Å². The topological polar surface area (TPSA) is 84.9 Å². The van der Waals surface area contributed by atoms with Crippen molar-refractivity contribution in [3.63, 3.8) is 0 Å². The summed E-state index contributed by atoms with van der Waals surface area (Å²) in [6, 6.07) is 5.46. The van der Waals surface area contributed by atoms with E-state index in [1.165, 1.54) is 0 Å². The van der Waals surface area contributed by atoms with Gasteiger partial charge in [-0.2, -0.15) is 0 Å². The molecule has 0 aromatic heterocycles. The third-order valence-electron chi connectivity index (χ3n) is 7.20. The maximum Gasteiger partial charge on any atom is 0.241 e. The summed E-state index contributed by atoms with van der Waals surface area (Å²) in [6.07, 6.45) is 1.79. The molecule has 0 radical (unpaired) electrons. The van der Waals surface area contributed by atoms with Crippen molar-refractivity contribution in [1.82, 2.24) is 9.62 Å². The maximum atomic E-state index is 13.2. The van der Waals surface area contributed by atoms with Crippen molar-refractivity contribution >= 4 is 15.9 Å². The molecular formula is C26H36N2O5S. The first-order valence-corrected chi connectivity index (χ1v) is 13.1. The number of sulfonamides is 1. The number of methoxy groups -OCH3 is 2. The number of hydrogen-bond donors (Lipinski definition) is 1. The normalized spacial score (nSPS) is 16.1. The molecule has 1 aliphatic heterocycles. The molecule has 7 nitrogen and oxygen atoms in total. The molecule has 1 saturated heterocycles. The summed E-state index contributed by atoms with van der Waals surface area (Å²) in [4.78, 5) is 15.3. The molecule has 34 heavy (non-hydrogen) atoms. The molecule has 1 atom stereocenters. The first-order chi connectivity index (χ1) is 16.0. The van der Waals surface area contributed by atoms with Crippen LogP contribution in [-0.2, 0) is 14.8 Å². The number of nitrogens with zero attached hydrogens (tertiary/aromatic N) is 1. The van der Waals surface area contributed by atoms with E-state index in [9.17, 15) is 13.2 Å². The highest BCUT2D eigenvalue weighted by Crippen LogP contribution is 2.39. The predicted molar refractivity (Wildman–Crippen MR) is 133 cm³/mol. The molecular weight excluding hydrogens is 452 g/mol. The van der Waals surface area contributed by atoms with E-state index in [4.69, 9.17) is 9.47 Å². The monoisotopic (exact) mass is 488 g/mol. The van der Waals surface area contributed by atoms with Crippen LogP contribution in [0.25, 0.3) is 0 Å². The smallest absolute Gasteiger partial charge is 0.241 e. The summed E-state index contributed by atoms with van der Waals surface area (Å²) >= 11 is 0. The number of amides is 1. The molecule has 0 aliphatic carbocycles. The number of nitrogens with one attached hydrogen (secondary N) is 1. The minimum absolute atomic E-state index is 0.0461. The summed E-state index contributed by atoms with van der Waals surface area (Å²) in [5, 5.41) is 0. The average Bonchev–Trinajstić information content (AvgIpc) is 3.30. The van der Waals surface area contributed by atoms with Gasteiger partial charge in [0.15, 0.2) is 0 Å². The van der Waals surface area contributed by atoms with Crippen molar-refractivity contribution in [1.29, 1.82) is 0 Å². The fraction of sp³-hybridized carbons (Fsp3) is 0.500. The Labute approximate surface area is 203 Å².